The molecule has 2 saturated heterocycles. The minimum atomic E-state index is -0.0832. The Bertz CT molecular complexity index is 1400. The number of carbonyl (C=O) groups is 1. The van der Waals surface area contributed by atoms with Crippen LogP contribution in [-0.4, -0.2) is 85.3 Å². The minimum Gasteiger partial charge on any atom is -0.497 e. The number of nitrogens with zero attached hydrogens (tertiary/aromatic N) is 4. The van der Waals surface area contributed by atoms with Gasteiger partial charge in [-0.3, -0.25) is 4.79 Å². The van der Waals surface area contributed by atoms with Crippen LogP contribution in [0, 0.1) is 5.92 Å². The monoisotopic (exact) mass is 566 g/mol. The largest absolute Gasteiger partial charge is 0.497 e. The molecule has 2 aliphatic rings. The first-order valence-corrected chi connectivity index (χ1v) is 13.8. The van der Waals surface area contributed by atoms with Gasteiger partial charge in [-0.25, -0.2) is 15.0 Å². The quantitative estimate of drug-likeness (QED) is 0.323. The van der Waals surface area contributed by atoms with Gasteiger partial charge in [-0.15, -0.1) is 0 Å². The molecule has 0 spiro atoms. The second-order valence-corrected chi connectivity index (χ2v) is 10.6. The van der Waals surface area contributed by atoms with E-state index < -0.39 is 0 Å². The van der Waals surface area contributed by atoms with Crippen molar-refractivity contribution in [1.29, 1.82) is 0 Å². The molecule has 5 rings (SSSR count). The number of nitrogens with one attached hydrogen (secondary N) is 2. The zero-order valence-electron chi connectivity index (χ0n) is 23.1. The molecule has 1 unspecified atom stereocenters. The summed E-state index contributed by atoms with van der Waals surface area (Å²) in [4.78, 5) is 28.8. The van der Waals surface area contributed by atoms with Gasteiger partial charge in [0.2, 0.25) is 5.95 Å². The van der Waals surface area contributed by atoms with Crippen LogP contribution in [0.1, 0.15) is 19.3 Å². The zero-order chi connectivity index (χ0) is 28.2. The third-order valence-corrected chi connectivity index (χ3v) is 8.08. The molecule has 2 N–H and O–H groups in total. The van der Waals surface area contributed by atoms with Gasteiger partial charge >= 0.3 is 0 Å². The van der Waals surface area contributed by atoms with Crippen LogP contribution in [0.3, 0.4) is 0 Å². The number of pyridine rings is 1. The number of benzene rings is 1. The standard InChI is InChI=1S/C29H35ClN6O4/c1-5-20(37)9-18-15-40-16-24(18)34-29-32-13-17-10-23(22-11-21(38-3)12-25(39-4)26(22)30)33-28(27(17)35-29)31-14-19-7-6-8-36(19)2/h5,10-13,18-19,24H,1,6-9,14-16H2,2-4H3,(H,31,33)(H,32,34,35)/t18-,19?,24+/m0/s1. The van der Waals surface area contributed by atoms with Crippen LogP contribution in [0.4, 0.5) is 11.8 Å². The number of likely N-dealkylation sites (tertiary alicyclic amines) is 1. The summed E-state index contributed by atoms with van der Waals surface area (Å²) in [6.07, 6.45) is 5.79. The van der Waals surface area contributed by atoms with Crippen LogP contribution < -0.4 is 20.1 Å². The molecular formula is C29H35ClN6O4. The van der Waals surface area contributed by atoms with E-state index in [4.69, 9.17) is 35.8 Å². The fourth-order valence-corrected chi connectivity index (χ4v) is 5.60. The molecule has 4 heterocycles. The molecule has 0 aliphatic carbocycles. The maximum atomic E-state index is 12.0. The van der Waals surface area contributed by atoms with Crippen molar-refractivity contribution in [1.82, 2.24) is 19.9 Å². The van der Waals surface area contributed by atoms with Crippen molar-refractivity contribution in [3.05, 3.63) is 42.1 Å². The first-order chi connectivity index (χ1) is 19.4. The second-order valence-electron chi connectivity index (χ2n) is 10.3. The predicted octanol–water partition coefficient (Wildman–Crippen LogP) is 4.44. The van der Waals surface area contributed by atoms with Gasteiger partial charge < -0.3 is 29.7 Å². The summed E-state index contributed by atoms with van der Waals surface area (Å²) >= 11 is 6.73. The number of rotatable bonds is 11. The number of aromatic nitrogens is 3. The molecule has 2 aliphatic heterocycles. The summed E-state index contributed by atoms with van der Waals surface area (Å²) in [6.45, 7) is 6.37. The average molecular weight is 567 g/mol. The van der Waals surface area contributed by atoms with Crippen LogP contribution in [-0.2, 0) is 9.53 Å². The van der Waals surface area contributed by atoms with Crippen molar-refractivity contribution < 1.29 is 19.0 Å². The number of ketones is 1. The Morgan fingerprint density at radius 2 is 2.10 bits per heavy atom. The third-order valence-electron chi connectivity index (χ3n) is 7.69. The van der Waals surface area contributed by atoms with Crippen molar-refractivity contribution in [3.63, 3.8) is 0 Å². The highest BCUT2D eigenvalue weighted by molar-refractivity contribution is 6.34. The van der Waals surface area contributed by atoms with E-state index in [2.05, 4.69) is 34.1 Å². The summed E-state index contributed by atoms with van der Waals surface area (Å²) in [5, 5.41) is 8.18. The van der Waals surface area contributed by atoms with Crippen LogP contribution >= 0.6 is 11.6 Å². The number of methoxy groups -OCH3 is 2. The normalized spacial score (nSPS) is 20.9. The summed E-state index contributed by atoms with van der Waals surface area (Å²) in [6, 6.07) is 5.82. The molecule has 2 aromatic heterocycles. The van der Waals surface area contributed by atoms with Gasteiger partial charge in [-0.2, -0.15) is 0 Å². The smallest absolute Gasteiger partial charge is 0.223 e. The number of allylic oxidation sites excluding steroid dienone is 1. The Morgan fingerprint density at radius 1 is 1.25 bits per heavy atom. The van der Waals surface area contributed by atoms with E-state index in [1.165, 1.54) is 12.5 Å². The fourth-order valence-electron chi connectivity index (χ4n) is 5.31. The highest BCUT2D eigenvalue weighted by Gasteiger charge is 2.30. The average Bonchev–Trinajstić information content (AvgIpc) is 3.59. The highest BCUT2D eigenvalue weighted by atomic mass is 35.5. The molecule has 10 nitrogen and oxygen atoms in total. The van der Waals surface area contributed by atoms with E-state index in [0.717, 1.165) is 24.9 Å². The van der Waals surface area contributed by atoms with E-state index in [-0.39, 0.29) is 17.7 Å². The molecule has 0 radical (unpaired) electrons. The minimum absolute atomic E-state index is 0.00494. The molecule has 0 saturated carbocycles. The molecule has 0 amide bonds. The SMILES string of the molecule is C=CC(=O)C[C@H]1COC[C@H]1Nc1ncc2cc(-c3cc(OC)cc(OC)c3Cl)nc(NCC3CCCN3C)c2n1. The van der Waals surface area contributed by atoms with Gasteiger partial charge in [-0.1, -0.05) is 18.2 Å². The summed E-state index contributed by atoms with van der Waals surface area (Å²) in [5.41, 5.74) is 2.01. The number of hydrogen-bond donors (Lipinski definition) is 2. The second kappa shape index (κ2) is 12.4. The molecular weight excluding hydrogens is 532 g/mol. The first-order valence-electron chi connectivity index (χ1n) is 13.4. The van der Waals surface area contributed by atoms with Crippen LogP contribution in [0.5, 0.6) is 11.5 Å². The lowest BCUT2D eigenvalue weighted by molar-refractivity contribution is -0.115. The van der Waals surface area contributed by atoms with Gasteiger partial charge in [-0.05, 0) is 44.6 Å². The predicted molar refractivity (Wildman–Crippen MR) is 157 cm³/mol. The number of likely N-dealkylation sites (N-methyl/N-ethyl adjacent to an activating group) is 1. The zero-order valence-corrected chi connectivity index (χ0v) is 23.8. The van der Waals surface area contributed by atoms with Crippen molar-refractivity contribution in [2.75, 3.05) is 58.2 Å². The first kappa shape index (κ1) is 28.1. The van der Waals surface area contributed by atoms with Gasteiger partial charge in [0.25, 0.3) is 0 Å². The van der Waals surface area contributed by atoms with Gasteiger partial charge in [0.15, 0.2) is 11.6 Å². The third kappa shape index (κ3) is 5.99. The number of carbonyl (C=O) groups excluding carboxylic acids is 1. The number of halogens is 1. The highest BCUT2D eigenvalue weighted by Crippen LogP contribution is 2.40. The topological polar surface area (TPSA) is 111 Å². The Balaban J connectivity index is 1.52. The summed E-state index contributed by atoms with van der Waals surface area (Å²) < 4.78 is 16.6. The van der Waals surface area contributed by atoms with Crippen LogP contribution in [0.15, 0.2) is 37.1 Å². The molecule has 212 valence electrons. The maximum absolute atomic E-state index is 12.0. The van der Waals surface area contributed by atoms with Crippen molar-refractivity contribution >= 4 is 40.1 Å². The van der Waals surface area contributed by atoms with Crippen LogP contribution in [0.25, 0.3) is 22.2 Å². The number of hydrogen-bond acceptors (Lipinski definition) is 10. The summed E-state index contributed by atoms with van der Waals surface area (Å²) in [7, 11) is 5.31. The molecule has 3 aromatic rings. The Morgan fingerprint density at radius 3 is 2.83 bits per heavy atom. The number of anilines is 2. The lowest BCUT2D eigenvalue weighted by Crippen LogP contribution is -2.32. The number of fused-ring (bicyclic) bond motifs is 1. The Kier molecular flexibility index (Phi) is 8.68. The summed E-state index contributed by atoms with van der Waals surface area (Å²) in [5.74, 6) is 2.21. The maximum Gasteiger partial charge on any atom is 0.223 e. The molecule has 40 heavy (non-hydrogen) atoms. The lowest BCUT2D eigenvalue weighted by atomic mass is 9.97. The fraction of sp³-hybridized carbons (Fsp3) is 0.448. The lowest BCUT2D eigenvalue weighted by Gasteiger charge is -2.21. The molecule has 11 heteroatoms. The Hall–Kier alpha value is -3.47. The van der Waals surface area contributed by atoms with E-state index in [0.29, 0.717) is 70.7 Å². The van der Waals surface area contributed by atoms with E-state index in [1.54, 1.807) is 26.5 Å². The molecule has 2 fully saturated rings. The molecule has 0 bridgehead atoms. The van der Waals surface area contributed by atoms with E-state index in [9.17, 15) is 4.79 Å². The molecule has 3 atom stereocenters. The number of ether oxygens (including phenoxy) is 3. The Labute approximate surface area is 239 Å². The van der Waals surface area contributed by atoms with Crippen molar-refractivity contribution in [2.24, 2.45) is 5.92 Å². The molecule has 1 aromatic carbocycles. The van der Waals surface area contributed by atoms with Crippen molar-refractivity contribution in [3.8, 4) is 22.8 Å². The van der Waals surface area contributed by atoms with Gasteiger partial charge in [0, 0.05) is 48.1 Å². The van der Waals surface area contributed by atoms with Gasteiger partial charge in [0.1, 0.15) is 17.0 Å². The van der Waals surface area contributed by atoms with E-state index in [1.807, 2.05) is 12.1 Å². The van der Waals surface area contributed by atoms with E-state index >= 15 is 0 Å². The van der Waals surface area contributed by atoms with Gasteiger partial charge in [0.05, 0.1) is 44.2 Å². The van der Waals surface area contributed by atoms with Crippen LogP contribution in [0.2, 0.25) is 5.02 Å². The van der Waals surface area contributed by atoms with Crippen molar-refractivity contribution in [2.45, 2.75) is 31.3 Å².